The molecule has 2 aromatic rings. The molecule has 0 radical (unpaired) electrons. The predicted octanol–water partition coefficient (Wildman–Crippen LogP) is 2.80. The van der Waals surface area contributed by atoms with E-state index in [0.717, 1.165) is 23.1 Å². The monoisotopic (exact) mass is 272 g/mol. The summed E-state index contributed by atoms with van der Waals surface area (Å²) in [7, 11) is 1.83. The zero-order valence-corrected chi connectivity index (χ0v) is 11.6. The SMILES string of the molecule is C#CN(CC)c1ccc(N=Nc2scn[n+]2C)cc1. The number of aryl methyl sites for hydroxylation is 1. The number of azo groups is 1. The summed E-state index contributed by atoms with van der Waals surface area (Å²) < 4.78 is 1.68. The molecule has 0 aliphatic heterocycles. The van der Waals surface area contributed by atoms with Crippen LogP contribution in [-0.4, -0.2) is 11.6 Å². The fraction of sp³-hybridized carbons (Fsp3) is 0.231. The fourth-order valence-corrected chi connectivity index (χ4v) is 2.07. The van der Waals surface area contributed by atoms with Crippen LogP contribution in [0.3, 0.4) is 0 Å². The Kier molecular flexibility index (Phi) is 4.21. The van der Waals surface area contributed by atoms with Crippen LogP contribution in [0.25, 0.3) is 0 Å². The highest BCUT2D eigenvalue weighted by molar-refractivity contribution is 7.12. The Labute approximate surface area is 116 Å². The van der Waals surface area contributed by atoms with Crippen LogP contribution in [0.2, 0.25) is 0 Å². The molecule has 0 saturated heterocycles. The molecule has 0 saturated carbocycles. The Hall–Kier alpha value is -2.26. The Morgan fingerprint density at radius 2 is 2.11 bits per heavy atom. The lowest BCUT2D eigenvalue weighted by Gasteiger charge is -2.14. The second kappa shape index (κ2) is 6.07. The summed E-state index contributed by atoms with van der Waals surface area (Å²) in [5.74, 6) is 0. The molecule has 5 nitrogen and oxygen atoms in total. The van der Waals surface area contributed by atoms with Crippen LogP contribution in [0, 0.1) is 12.5 Å². The van der Waals surface area contributed by atoms with Crippen molar-refractivity contribution in [2.75, 3.05) is 11.4 Å². The summed E-state index contributed by atoms with van der Waals surface area (Å²) in [6.45, 7) is 2.78. The molecule has 0 unspecified atom stereocenters. The Morgan fingerprint density at radius 1 is 1.37 bits per heavy atom. The van der Waals surface area contributed by atoms with E-state index in [2.05, 4.69) is 21.4 Å². The highest BCUT2D eigenvalue weighted by atomic mass is 32.1. The summed E-state index contributed by atoms with van der Waals surface area (Å²) in [5, 5.41) is 13.1. The van der Waals surface area contributed by atoms with E-state index in [1.165, 1.54) is 11.3 Å². The average molecular weight is 272 g/mol. The molecule has 2 rings (SSSR count). The standard InChI is InChI=1S/C13H14N5S/c1-4-18(5-2)12-8-6-11(7-9-12)15-16-13-17(3)14-10-19-13/h1,6-10H,5H2,2-3H3/q+1. The lowest BCUT2D eigenvalue weighted by molar-refractivity contribution is -0.713. The zero-order valence-electron chi connectivity index (χ0n) is 10.8. The lowest BCUT2D eigenvalue weighted by Crippen LogP contribution is -2.28. The minimum atomic E-state index is 0.753. The van der Waals surface area contributed by atoms with Gasteiger partial charge in [-0.15, -0.1) is 4.68 Å². The van der Waals surface area contributed by atoms with Crippen LogP contribution in [0.15, 0.2) is 40.0 Å². The molecule has 96 valence electrons. The van der Waals surface area contributed by atoms with Crippen LogP contribution in [0.4, 0.5) is 16.5 Å². The molecular formula is C13H14N5S+. The molecule has 1 heterocycles. The third-order valence-corrected chi connectivity index (χ3v) is 3.30. The minimum Gasteiger partial charge on any atom is -0.302 e. The van der Waals surface area contributed by atoms with Gasteiger partial charge in [-0.3, -0.25) is 0 Å². The number of hydrogen-bond acceptors (Lipinski definition) is 5. The smallest absolute Gasteiger partial charge is 0.302 e. The highest BCUT2D eigenvalue weighted by Crippen LogP contribution is 2.21. The maximum absolute atomic E-state index is 5.42. The molecule has 0 fully saturated rings. The number of terminal acetylenes is 1. The summed E-state index contributed by atoms with van der Waals surface area (Å²) in [5.41, 5.74) is 3.49. The van der Waals surface area contributed by atoms with Gasteiger partial charge in [-0.05, 0) is 47.6 Å². The average Bonchev–Trinajstić information content (AvgIpc) is 2.85. The molecule has 0 spiro atoms. The summed E-state index contributed by atoms with van der Waals surface area (Å²) >= 11 is 1.44. The van der Waals surface area contributed by atoms with Crippen LogP contribution in [-0.2, 0) is 7.05 Å². The third kappa shape index (κ3) is 3.14. The first kappa shape index (κ1) is 13.2. The van der Waals surface area contributed by atoms with Gasteiger partial charge in [0.2, 0.25) is 0 Å². The lowest BCUT2D eigenvalue weighted by atomic mass is 10.2. The van der Waals surface area contributed by atoms with Crippen molar-refractivity contribution < 1.29 is 4.68 Å². The summed E-state index contributed by atoms with van der Waals surface area (Å²) in [6, 6.07) is 10.3. The van der Waals surface area contributed by atoms with Crippen molar-refractivity contribution in [1.29, 1.82) is 0 Å². The van der Waals surface area contributed by atoms with Gasteiger partial charge in [0.15, 0.2) is 0 Å². The number of aromatic nitrogens is 2. The maximum Gasteiger partial charge on any atom is 0.429 e. The Balaban J connectivity index is 2.13. The molecule has 0 bridgehead atoms. The quantitative estimate of drug-likeness (QED) is 0.372. The zero-order chi connectivity index (χ0) is 13.7. The van der Waals surface area contributed by atoms with Crippen LogP contribution in [0.1, 0.15) is 6.92 Å². The van der Waals surface area contributed by atoms with E-state index in [1.807, 2.05) is 43.1 Å². The largest absolute Gasteiger partial charge is 0.429 e. The van der Waals surface area contributed by atoms with Gasteiger partial charge in [-0.25, -0.2) is 0 Å². The van der Waals surface area contributed by atoms with E-state index in [4.69, 9.17) is 6.42 Å². The molecule has 0 N–H and O–H groups in total. The molecular weight excluding hydrogens is 258 g/mol. The van der Waals surface area contributed by atoms with Gasteiger partial charge in [-0.2, -0.15) is 0 Å². The third-order valence-electron chi connectivity index (χ3n) is 2.54. The van der Waals surface area contributed by atoms with Crippen molar-refractivity contribution in [1.82, 2.24) is 5.10 Å². The van der Waals surface area contributed by atoms with E-state index in [0.29, 0.717) is 0 Å². The van der Waals surface area contributed by atoms with E-state index in [1.54, 1.807) is 10.2 Å². The molecule has 19 heavy (non-hydrogen) atoms. The van der Waals surface area contributed by atoms with Gasteiger partial charge < -0.3 is 4.90 Å². The molecule has 6 heteroatoms. The molecule has 0 aliphatic rings. The summed E-state index contributed by atoms with van der Waals surface area (Å²) in [4.78, 5) is 1.82. The second-order valence-electron chi connectivity index (χ2n) is 3.73. The molecule has 0 aliphatic carbocycles. The molecule has 0 atom stereocenters. The molecule has 0 amide bonds. The molecule has 1 aromatic carbocycles. The second-order valence-corrected chi connectivity index (χ2v) is 4.55. The predicted molar refractivity (Wildman–Crippen MR) is 75.8 cm³/mol. The number of hydrogen-bond donors (Lipinski definition) is 0. The van der Waals surface area contributed by atoms with Crippen molar-refractivity contribution >= 4 is 27.8 Å². The van der Waals surface area contributed by atoms with Gasteiger partial charge in [-0.1, -0.05) is 11.5 Å². The topological polar surface area (TPSA) is 44.7 Å². The van der Waals surface area contributed by atoms with Gasteiger partial charge in [0, 0.05) is 18.3 Å². The van der Waals surface area contributed by atoms with E-state index in [9.17, 15) is 0 Å². The van der Waals surface area contributed by atoms with E-state index in [-0.39, 0.29) is 0 Å². The van der Waals surface area contributed by atoms with Crippen molar-refractivity contribution in [2.45, 2.75) is 6.92 Å². The van der Waals surface area contributed by atoms with Crippen molar-refractivity contribution in [3.63, 3.8) is 0 Å². The highest BCUT2D eigenvalue weighted by Gasteiger charge is 2.09. The number of anilines is 1. The van der Waals surface area contributed by atoms with Crippen LogP contribution >= 0.6 is 11.3 Å². The first-order chi connectivity index (χ1) is 9.24. The van der Waals surface area contributed by atoms with E-state index < -0.39 is 0 Å². The Bertz CT molecular complexity index is 609. The van der Waals surface area contributed by atoms with Gasteiger partial charge in [0.05, 0.1) is 5.11 Å². The Morgan fingerprint density at radius 3 is 2.63 bits per heavy atom. The van der Waals surface area contributed by atoms with Gasteiger partial charge in [0.1, 0.15) is 18.2 Å². The number of rotatable bonds is 4. The number of benzene rings is 1. The first-order valence-electron chi connectivity index (χ1n) is 5.80. The van der Waals surface area contributed by atoms with Crippen molar-refractivity contribution in [2.24, 2.45) is 17.3 Å². The minimum absolute atomic E-state index is 0.753. The van der Waals surface area contributed by atoms with Crippen LogP contribution in [0.5, 0.6) is 0 Å². The maximum atomic E-state index is 5.42. The normalized spacial score (nSPS) is 10.6. The van der Waals surface area contributed by atoms with Crippen molar-refractivity contribution in [3.05, 3.63) is 29.8 Å². The first-order valence-corrected chi connectivity index (χ1v) is 6.68. The molecule has 1 aromatic heterocycles. The van der Waals surface area contributed by atoms with Gasteiger partial charge >= 0.3 is 5.13 Å². The summed E-state index contributed by atoms with van der Waals surface area (Å²) in [6.07, 6.45) is 5.42. The van der Waals surface area contributed by atoms with Crippen molar-refractivity contribution in [3.8, 4) is 12.5 Å². The van der Waals surface area contributed by atoms with Crippen LogP contribution < -0.4 is 9.58 Å². The van der Waals surface area contributed by atoms with Gasteiger partial charge in [0.25, 0.3) is 0 Å². The number of nitrogens with zero attached hydrogens (tertiary/aromatic N) is 5. The van der Waals surface area contributed by atoms with E-state index >= 15 is 0 Å². The fourth-order valence-electron chi connectivity index (χ4n) is 1.50.